The average Bonchev–Trinajstić information content (AvgIpc) is 2.29. The van der Waals surface area contributed by atoms with Gasteiger partial charge in [-0.05, 0) is 13.5 Å². The zero-order chi connectivity index (χ0) is 12.8. The number of carbonyl (C=O) groups is 2. The maximum atomic E-state index is 11.9. The van der Waals surface area contributed by atoms with Crippen molar-refractivity contribution in [3.05, 3.63) is 0 Å². The monoisotopic (exact) mass is 259 g/mol. The standard InChI is InChI=1S/C11H21N3O2S/c1-3-9-6-14(5-4-13(9)2)11(16)8-17-7-10(12)15/h9H,3-8H2,1-2H3,(H2,12,15)/t9-/m1/s1. The van der Waals surface area contributed by atoms with Crippen LogP contribution in [0.1, 0.15) is 13.3 Å². The number of primary amides is 1. The molecular formula is C11H21N3O2S. The van der Waals surface area contributed by atoms with Crippen molar-refractivity contribution in [1.29, 1.82) is 0 Å². The first kappa shape index (κ1) is 14.3. The van der Waals surface area contributed by atoms with Crippen molar-refractivity contribution >= 4 is 23.6 Å². The third kappa shape index (κ3) is 4.55. The van der Waals surface area contributed by atoms with Crippen LogP contribution in [0.25, 0.3) is 0 Å². The van der Waals surface area contributed by atoms with Crippen LogP contribution in [0, 0.1) is 0 Å². The fraction of sp³-hybridized carbons (Fsp3) is 0.818. The van der Waals surface area contributed by atoms with Crippen molar-refractivity contribution in [2.24, 2.45) is 5.73 Å². The molecule has 1 aliphatic rings. The molecular weight excluding hydrogens is 238 g/mol. The number of hydrogen-bond donors (Lipinski definition) is 1. The van der Waals surface area contributed by atoms with Crippen molar-refractivity contribution in [2.75, 3.05) is 38.2 Å². The van der Waals surface area contributed by atoms with Gasteiger partial charge in [0.05, 0.1) is 11.5 Å². The summed E-state index contributed by atoms with van der Waals surface area (Å²) in [6.07, 6.45) is 1.05. The molecule has 1 aliphatic heterocycles. The van der Waals surface area contributed by atoms with Gasteiger partial charge in [0.2, 0.25) is 11.8 Å². The van der Waals surface area contributed by atoms with Crippen molar-refractivity contribution in [3.8, 4) is 0 Å². The third-order valence-electron chi connectivity index (χ3n) is 3.07. The van der Waals surface area contributed by atoms with Gasteiger partial charge in [-0.25, -0.2) is 0 Å². The number of rotatable bonds is 5. The maximum Gasteiger partial charge on any atom is 0.232 e. The van der Waals surface area contributed by atoms with E-state index in [1.165, 1.54) is 11.8 Å². The van der Waals surface area contributed by atoms with Gasteiger partial charge in [0.1, 0.15) is 0 Å². The van der Waals surface area contributed by atoms with Crippen molar-refractivity contribution in [2.45, 2.75) is 19.4 Å². The summed E-state index contributed by atoms with van der Waals surface area (Å²) in [6.45, 7) is 4.63. The van der Waals surface area contributed by atoms with Crippen molar-refractivity contribution in [3.63, 3.8) is 0 Å². The van der Waals surface area contributed by atoms with E-state index in [1.54, 1.807) is 0 Å². The summed E-state index contributed by atoms with van der Waals surface area (Å²) < 4.78 is 0. The van der Waals surface area contributed by atoms with E-state index in [1.807, 2.05) is 4.90 Å². The van der Waals surface area contributed by atoms with Crippen LogP contribution in [-0.4, -0.2) is 65.8 Å². The van der Waals surface area contributed by atoms with Gasteiger partial charge in [-0.15, -0.1) is 11.8 Å². The number of nitrogens with zero attached hydrogens (tertiary/aromatic N) is 2. The van der Waals surface area contributed by atoms with Gasteiger partial charge in [-0.3, -0.25) is 14.5 Å². The number of hydrogen-bond acceptors (Lipinski definition) is 4. The molecule has 98 valence electrons. The van der Waals surface area contributed by atoms with E-state index in [4.69, 9.17) is 5.73 Å². The van der Waals surface area contributed by atoms with E-state index in [0.29, 0.717) is 11.8 Å². The molecule has 17 heavy (non-hydrogen) atoms. The minimum Gasteiger partial charge on any atom is -0.369 e. The number of piperazine rings is 1. The summed E-state index contributed by atoms with van der Waals surface area (Å²) in [4.78, 5) is 26.6. The second-order valence-electron chi connectivity index (χ2n) is 4.34. The first-order valence-corrected chi connectivity index (χ1v) is 7.04. The molecule has 0 aromatic rings. The van der Waals surface area contributed by atoms with Gasteiger partial charge in [-0.2, -0.15) is 0 Å². The van der Waals surface area contributed by atoms with Crippen LogP contribution >= 0.6 is 11.8 Å². The highest BCUT2D eigenvalue weighted by Gasteiger charge is 2.25. The first-order chi connectivity index (χ1) is 8.04. The quantitative estimate of drug-likeness (QED) is 0.740. The predicted octanol–water partition coefficient (Wildman–Crippen LogP) is -0.242. The molecule has 1 atom stereocenters. The SMILES string of the molecule is CC[C@@H]1CN(C(=O)CSCC(N)=O)CCN1C. The Morgan fingerprint density at radius 1 is 1.35 bits per heavy atom. The maximum absolute atomic E-state index is 11.9. The average molecular weight is 259 g/mol. The molecule has 1 heterocycles. The highest BCUT2D eigenvalue weighted by Crippen LogP contribution is 2.12. The van der Waals surface area contributed by atoms with Crippen LogP contribution in [0.2, 0.25) is 0 Å². The van der Waals surface area contributed by atoms with Gasteiger partial charge in [0, 0.05) is 25.7 Å². The molecule has 0 radical (unpaired) electrons. The Morgan fingerprint density at radius 3 is 2.65 bits per heavy atom. The molecule has 0 saturated carbocycles. The third-order valence-corrected chi connectivity index (χ3v) is 4.01. The molecule has 6 heteroatoms. The summed E-state index contributed by atoms with van der Waals surface area (Å²) in [5.74, 6) is 0.315. The largest absolute Gasteiger partial charge is 0.369 e. The molecule has 2 N–H and O–H groups in total. The molecule has 0 unspecified atom stereocenters. The van der Waals surface area contributed by atoms with Gasteiger partial charge in [0.25, 0.3) is 0 Å². The lowest BCUT2D eigenvalue weighted by molar-refractivity contribution is -0.131. The van der Waals surface area contributed by atoms with Crippen LogP contribution in [0.3, 0.4) is 0 Å². The molecule has 0 bridgehead atoms. The molecule has 1 rings (SSSR count). The van der Waals surface area contributed by atoms with E-state index in [0.717, 1.165) is 26.1 Å². The molecule has 2 amide bonds. The topological polar surface area (TPSA) is 66.6 Å². The minimum atomic E-state index is -0.368. The second-order valence-corrected chi connectivity index (χ2v) is 5.33. The lowest BCUT2D eigenvalue weighted by atomic mass is 10.1. The van der Waals surface area contributed by atoms with E-state index in [9.17, 15) is 9.59 Å². The Hall–Kier alpha value is -0.750. The zero-order valence-corrected chi connectivity index (χ0v) is 11.3. The van der Waals surface area contributed by atoms with Crippen LogP contribution in [0.4, 0.5) is 0 Å². The van der Waals surface area contributed by atoms with Crippen molar-refractivity contribution < 1.29 is 9.59 Å². The fourth-order valence-electron chi connectivity index (χ4n) is 1.94. The molecule has 0 aromatic carbocycles. The Kier molecular flexibility index (Phi) is 5.77. The zero-order valence-electron chi connectivity index (χ0n) is 10.5. The van der Waals surface area contributed by atoms with Crippen LogP contribution < -0.4 is 5.73 Å². The number of likely N-dealkylation sites (N-methyl/N-ethyl adjacent to an activating group) is 1. The highest BCUT2D eigenvalue weighted by molar-refractivity contribution is 8.00. The number of amides is 2. The summed E-state index contributed by atoms with van der Waals surface area (Å²) in [7, 11) is 2.10. The Bertz CT molecular complexity index is 286. The Balaban J connectivity index is 2.34. The number of thioether (sulfide) groups is 1. The van der Waals surface area contributed by atoms with Crippen molar-refractivity contribution in [1.82, 2.24) is 9.80 Å². The van der Waals surface area contributed by atoms with Gasteiger partial charge in [-0.1, -0.05) is 6.92 Å². The molecule has 5 nitrogen and oxygen atoms in total. The van der Waals surface area contributed by atoms with E-state index >= 15 is 0 Å². The predicted molar refractivity (Wildman–Crippen MR) is 69.8 cm³/mol. The van der Waals surface area contributed by atoms with E-state index < -0.39 is 0 Å². The smallest absolute Gasteiger partial charge is 0.232 e. The molecule has 1 fully saturated rings. The molecule has 0 spiro atoms. The summed E-state index contributed by atoms with van der Waals surface area (Å²) in [5.41, 5.74) is 5.03. The van der Waals surface area contributed by atoms with Gasteiger partial charge in [0.15, 0.2) is 0 Å². The first-order valence-electron chi connectivity index (χ1n) is 5.88. The van der Waals surface area contributed by atoms with Crippen LogP contribution in [0.15, 0.2) is 0 Å². The lowest BCUT2D eigenvalue weighted by Crippen LogP contribution is -2.53. The van der Waals surface area contributed by atoms with Gasteiger partial charge < -0.3 is 10.6 Å². The fourth-order valence-corrected chi connectivity index (χ4v) is 2.60. The Labute approximate surface area is 107 Å². The molecule has 1 saturated heterocycles. The number of carbonyl (C=O) groups excluding carboxylic acids is 2. The van der Waals surface area contributed by atoms with Crippen LogP contribution in [-0.2, 0) is 9.59 Å². The highest BCUT2D eigenvalue weighted by atomic mass is 32.2. The second kappa shape index (κ2) is 6.86. The summed E-state index contributed by atoms with van der Waals surface area (Å²) in [6, 6.07) is 0.453. The van der Waals surface area contributed by atoms with E-state index in [-0.39, 0.29) is 17.6 Å². The van der Waals surface area contributed by atoms with Crippen LogP contribution in [0.5, 0.6) is 0 Å². The minimum absolute atomic E-state index is 0.114. The van der Waals surface area contributed by atoms with E-state index in [2.05, 4.69) is 18.9 Å². The number of nitrogens with two attached hydrogens (primary N) is 1. The Morgan fingerprint density at radius 2 is 2.06 bits per heavy atom. The lowest BCUT2D eigenvalue weighted by Gasteiger charge is -2.39. The normalized spacial score (nSPS) is 21.5. The summed E-state index contributed by atoms with van der Waals surface area (Å²) in [5, 5.41) is 0. The molecule has 0 aromatic heterocycles. The van der Waals surface area contributed by atoms with Gasteiger partial charge >= 0.3 is 0 Å². The summed E-state index contributed by atoms with van der Waals surface area (Å²) >= 11 is 1.29. The molecule has 0 aliphatic carbocycles.